The first kappa shape index (κ1) is 22.8. The Morgan fingerprint density at radius 1 is 0.897 bits per heavy atom. The van der Waals surface area contributed by atoms with Crippen LogP contribution < -0.4 is 0 Å². The largest absolute Gasteiger partial charge is 0.451 e. The Labute approximate surface area is 173 Å². The smallest absolute Gasteiger partial charge is 0.338 e. The van der Waals surface area contributed by atoms with Crippen molar-refractivity contribution in [2.24, 2.45) is 11.8 Å². The Kier molecular flexibility index (Phi) is 9.03. The van der Waals surface area contributed by atoms with Crippen molar-refractivity contribution in [1.82, 2.24) is 0 Å². The van der Waals surface area contributed by atoms with Crippen LogP contribution in [0.25, 0.3) is 0 Å². The topological polar surface area (TPSA) is 61.8 Å². The van der Waals surface area contributed by atoms with E-state index in [1.807, 2.05) is 43.3 Å². The molecule has 0 aromatic heterocycles. The monoisotopic (exact) mass is 398 g/mol. The van der Waals surface area contributed by atoms with E-state index < -0.39 is 18.0 Å². The lowest BCUT2D eigenvalue weighted by Gasteiger charge is -2.29. The summed E-state index contributed by atoms with van der Waals surface area (Å²) in [5, 5.41) is 0. The zero-order valence-corrected chi connectivity index (χ0v) is 17.5. The van der Waals surface area contributed by atoms with Gasteiger partial charge in [-0.2, -0.15) is 0 Å². The predicted octanol–water partition coefficient (Wildman–Crippen LogP) is 4.31. The van der Waals surface area contributed by atoms with Gasteiger partial charge in [-0.25, -0.2) is 4.79 Å². The fourth-order valence-electron chi connectivity index (χ4n) is 3.35. The van der Waals surface area contributed by atoms with E-state index in [9.17, 15) is 9.59 Å². The molecule has 0 N–H and O–H groups in total. The van der Waals surface area contributed by atoms with Crippen molar-refractivity contribution in [2.75, 3.05) is 13.7 Å². The van der Waals surface area contributed by atoms with E-state index in [0.717, 1.165) is 5.56 Å². The number of hydrogen-bond acceptors (Lipinski definition) is 5. The van der Waals surface area contributed by atoms with Crippen LogP contribution in [0.2, 0.25) is 0 Å². The second kappa shape index (κ2) is 11.5. The third-order valence-electron chi connectivity index (χ3n) is 4.96. The van der Waals surface area contributed by atoms with Crippen LogP contribution in [0.4, 0.5) is 0 Å². The van der Waals surface area contributed by atoms with E-state index in [1.54, 1.807) is 45.2 Å². The molecule has 0 fully saturated rings. The first-order valence-electron chi connectivity index (χ1n) is 9.88. The van der Waals surface area contributed by atoms with Gasteiger partial charge >= 0.3 is 5.97 Å². The number of ether oxygens (including phenoxy) is 3. The molecule has 0 amide bonds. The van der Waals surface area contributed by atoms with Gasteiger partial charge in [-0.15, -0.1) is 0 Å². The highest BCUT2D eigenvalue weighted by Crippen LogP contribution is 2.21. The SMILES string of the molecule is COC([C@H](C)COCc1ccccc1)[C@@H](C)C(=O)[C@H](C)OC(=O)c1ccccc1. The van der Waals surface area contributed by atoms with Gasteiger partial charge < -0.3 is 14.2 Å². The molecule has 0 radical (unpaired) electrons. The number of esters is 1. The number of Topliss-reactive ketones (excluding diaryl/α,β-unsaturated/α-hetero) is 1. The van der Waals surface area contributed by atoms with Crippen molar-refractivity contribution in [3.05, 3.63) is 71.8 Å². The Morgan fingerprint density at radius 3 is 2.07 bits per heavy atom. The van der Waals surface area contributed by atoms with Gasteiger partial charge in [-0.05, 0) is 24.6 Å². The minimum absolute atomic E-state index is 0.000290. The fraction of sp³-hybridized carbons (Fsp3) is 0.417. The zero-order valence-electron chi connectivity index (χ0n) is 17.5. The van der Waals surface area contributed by atoms with Crippen molar-refractivity contribution in [1.29, 1.82) is 0 Å². The molecule has 4 atom stereocenters. The van der Waals surface area contributed by atoms with Crippen molar-refractivity contribution in [3.63, 3.8) is 0 Å². The molecule has 0 aliphatic heterocycles. The molecule has 5 nitrogen and oxygen atoms in total. The van der Waals surface area contributed by atoms with E-state index >= 15 is 0 Å². The van der Waals surface area contributed by atoms with E-state index in [4.69, 9.17) is 14.2 Å². The predicted molar refractivity (Wildman–Crippen MR) is 112 cm³/mol. The Balaban J connectivity index is 1.88. The minimum atomic E-state index is -0.854. The Bertz CT molecular complexity index is 759. The van der Waals surface area contributed by atoms with Crippen LogP contribution in [0.1, 0.15) is 36.7 Å². The summed E-state index contributed by atoms with van der Waals surface area (Å²) in [4.78, 5) is 25.0. The zero-order chi connectivity index (χ0) is 21.2. The number of ketones is 1. The molecule has 1 unspecified atom stereocenters. The normalized spacial score (nSPS) is 15.2. The molecule has 0 aliphatic rings. The van der Waals surface area contributed by atoms with Crippen LogP contribution in [-0.4, -0.2) is 37.7 Å². The number of carbonyl (C=O) groups excluding carboxylic acids is 2. The highest BCUT2D eigenvalue weighted by atomic mass is 16.5. The lowest BCUT2D eigenvalue weighted by molar-refractivity contribution is -0.137. The Hall–Kier alpha value is -2.50. The van der Waals surface area contributed by atoms with E-state index in [-0.39, 0.29) is 17.8 Å². The van der Waals surface area contributed by atoms with Gasteiger partial charge in [0, 0.05) is 18.9 Å². The third kappa shape index (κ3) is 6.80. The second-order valence-electron chi connectivity index (χ2n) is 7.28. The van der Waals surface area contributed by atoms with Gasteiger partial charge in [0.25, 0.3) is 0 Å². The molecular weight excluding hydrogens is 368 g/mol. The average molecular weight is 398 g/mol. The number of methoxy groups -OCH3 is 1. The van der Waals surface area contributed by atoms with Crippen molar-refractivity contribution >= 4 is 11.8 Å². The molecule has 0 saturated carbocycles. The van der Waals surface area contributed by atoms with Crippen LogP contribution in [0.3, 0.4) is 0 Å². The lowest BCUT2D eigenvalue weighted by Crippen LogP contribution is -2.40. The molecule has 5 heteroatoms. The molecule has 0 spiro atoms. The highest BCUT2D eigenvalue weighted by Gasteiger charge is 2.33. The number of benzene rings is 2. The molecule has 2 rings (SSSR count). The lowest BCUT2D eigenvalue weighted by atomic mass is 9.88. The quantitative estimate of drug-likeness (QED) is 0.528. The summed E-state index contributed by atoms with van der Waals surface area (Å²) >= 11 is 0. The molecular formula is C24H30O5. The fourth-order valence-corrected chi connectivity index (χ4v) is 3.35. The van der Waals surface area contributed by atoms with Gasteiger partial charge in [0.05, 0.1) is 24.9 Å². The van der Waals surface area contributed by atoms with Crippen LogP contribution in [0.5, 0.6) is 0 Å². The van der Waals surface area contributed by atoms with Crippen LogP contribution in [-0.2, 0) is 25.6 Å². The van der Waals surface area contributed by atoms with Crippen LogP contribution >= 0.6 is 0 Å². The minimum Gasteiger partial charge on any atom is -0.451 e. The number of rotatable bonds is 11. The third-order valence-corrected chi connectivity index (χ3v) is 4.96. The van der Waals surface area contributed by atoms with Gasteiger partial charge in [0.1, 0.15) is 0 Å². The van der Waals surface area contributed by atoms with E-state index in [1.165, 1.54) is 0 Å². The maximum atomic E-state index is 12.8. The van der Waals surface area contributed by atoms with Gasteiger partial charge in [0.15, 0.2) is 11.9 Å². The molecule has 0 bridgehead atoms. The summed E-state index contributed by atoms with van der Waals surface area (Å²) in [6, 6.07) is 18.6. The average Bonchev–Trinajstić information content (AvgIpc) is 2.74. The van der Waals surface area contributed by atoms with Crippen LogP contribution in [0, 0.1) is 11.8 Å². The maximum Gasteiger partial charge on any atom is 0.338 e. The molecule has 0 heterocycles. The van der Waals surface area contributed by atoms with Crippen molar-refractivity contribution < 1.29 is 23.8 Å². The number of carbonyl (C=O) groups is 2. The molecule has 0 aliphatic carbocycles. The highest BCUT2D eigenvalue weighted by molar-refractivity contribution is 5.93. The van der Waals surface area contributed by atoms with Gasteiger partial charge in [0.2, 0.25) is 0 Å². The molecule has 2 aromatic carbocycles. The summed E-state index contributed by atoms with van der Waals surface area (Å²) in [7, 11) is 1.59. The summed E-state index contributed by atoms with van der Waals surface area (Å²) in [5.74, 6) is -1.11. The Morgan fingerprint density at radius 2 is 1.48 bits per heavy atom. The van der Waals surface area contributed by atoms with Crippen molar-refractivity contribution in [2.45, 2.75) is 39.6 Å². The molecule has 2 aromatic rings. The summed E-state index contributed by atoms with van der Waals surface area (Å²) < 4.78 is 16.8. The van der Waals surface area contributed by atoms with Crippen molar-refractivity contribution in [3.8, 4) is 0 Å². The van der Waals surface area contributed by atoms with E-state index in [2.05, 4.69) is 0 Å². The first-order valence-corrected chi connectivity index (χ1v) is 9.88. The number of hydrogen-bond donors (Lipinski definition) is 0. The van der Waals surface area contributed by atoms with Crippen LogP contribution in [0.15, 0.2) is 60.7 Å². The molecule has 29 heavy (non-hydrogen) atoms. The van der Waals surface area contributed by atoms with Gasteiger partial charge in [-0.1, -0.05) is 62.4 Å². The summed E-state index contributed by atoms with van der Waals surface area (Å²) in [6.45, 7) is 6.36. The van der Waals surface area contributed by atoms with E-state index in [0.29, 0.717) is 18.8 Å². The maximum absolute atomic E-state index is 12.8. The van der Waals surface area contributed by atoms with Gasteiger partial charge in [-0.3, -0.25) is 4.79 Å². The first-order chi connectivity index (χ1) is 13.9. The molecule has 156 valence electrons. The molecule has 0 saturated heterocycles. The summed E-state index contributed by atoms with van der Waals surface area (Å²) in [5.41, 5.74) is 1.52. The second-order valence-corrected chi connectivity index (χ2v) is 7.28. The summed E-state index contributed by atoms with van der Waals surface area (Å²) in [6.07, 6.45) is -1.19. The standard InChI is InChI=1S/C24H30O5/c1-17(15-28-16-20-11-7-5-8-12-20)23(27-4)18(2)22(25)19(3)29-24(26)21-13-9-6-10-14-21/h5-14,17-19,23H,15-16H2,1-4H3/t17-,18+,19+,23?/m1/s1.